The molecule has 1 unspecified atom stereocenters. The molecule has 0 aromatic carbocycles. The Kier molecular flexibility index (Phi) is 3.20. The molecule has 2 aromatic rings. The smallest absolute Gasteiger partial charge is 0.233 e. The normalized spacial score (nSPS) is 19.6. The number of halogens is 1. The van der Waals surface area contributed by atoms with Crippen molar-refractivity contribution in [1.29, 1.82) is 5.26 Å². The highest BCUT2D eigenvalue weighted by atomic mass is 35.5. The number of nitrogens with zero attached hydrogens (tertiary/aromatic N) is 4. The predicted octanol–water partition coefficient (Wildman–Crippen LogP) is 3.13. The van der Waals surface area contributed by atoms with Crippen molar-refractivity contribution in [2.75, 3.05) is 0 Å². The molecule has 0 saturated carbocycles. The maximum atomic E-state index is 9.08. The highest BCUT2D eigenvalue weighted by Gasteiger charge is 2.27. The number of aromatic nitrogens is 3. The van der Waals surface area contributed by atoms with Crippen molar-refractivity contribution in [3.05, 3.63) is 28.7 Å². The zero-order chi connectivity index (χ0) is 13.4. The molecule has 0 bridgehead atoms. The minimum atomic E-state index is 0.154. The fourth-order valence-corrected chi connectivity index (χ4v) is 3.07. The molecule has 19 heavy (non-hydrogen) atoms. The summed E-state index contributed by atoms with van der Waals surface area (Å²) in [5, 5.41) is 13.9. The topological polar surface area (TPSA) is 54.0 Å². The second-order valence-electron chi connectivity index (χ2n) is 5.26. The Morgan fingerprint density at radius 1 is 1.58 bits per heavy atom. The van der Waals surface area contributed by atoms with E-state index < -0.39 is 0 Å². The summed E-state index contributed by atoms with van der Waals surface area (Å²) in [5.74, 6) is 2.73. The van der Waals surface area contributed by atoms with Gasteiger partial charge >= 0.3 is 0 Å². The van der Waals surface area contributed by atoms with Crippen molar-refractivity contribution >= 4 is 24.0 Å². The Balaban J connectivity index is 2.01. The van der Waals surface area contributed by atoms with Crippen LogP contribution in [0, 0.1) is 18.2 Å². The van der Waals surface area contributed by atoms with Gasteiger partial charge in [0.25, 0.3) is 6.71 Å². The molecule has 3 rings (SSSR count). The number of hydrogen-bond donors (Lipinski definition) is 0. The second kappa shape index (κ2) is 4.86. The molecule has 0 spiro atoms. The van der Waals surface area contributed by atoms with Gasteiger partial charge in [0.05, 0.1) is 6.20 Å². The van der Waals surface area contributed by atoms with Crippen LogP contribution in [0.15, 0.2) is 12.3 Å². The first-order chi connectivity index (χ1) is 9.19. The first-order valence-electron chi connectivity index (χ1n) is 6.59. The SMILES string of the molecule is Cc1cnn2c(Cl)cc(C3CCCB(C#N)C3)nc12. The molecule has 0 aliphatic carbocycles. The molecule has 1 aliphatic rings. The minimum Gasteiger partial charge on any atom is -0.233 e. The van der Waals surface area contributed by atoms with E-state index in [0.29, 0.717) is 11.1 Å². The first kappa shape index (κ1) is 12.5. The van der Waals surface area contributed by atoms with Crippen molar-refractivity contribution in [3.63, 3.8) is 0 Å². The van der Waals surface area contributed by atoms with E-state index in [2.05, 4.69) is 11.1 Å². The summed E-state index contributed by atoms with van der Waals surface area (Å²) < 4.78 is 1.66. The second-order valence-corrected chi connectivity index (χ2v) is 5.64. The van der Waals surface area contributed by atoms with Crippen molar-refractivity contribution in [3.8, 4) is 5.97 Å². The van der Waals surface area contributed by atoms with Crippen LogP contribution >= 0.6 is 11.6 Å². The molecule has 4 nitrogen and oxygen atoms in total. The molecular formula is C13H14BClN4. The number of hydrogen-bond acceptors (Lipinski definition) is 3. The monoisotopic (exact) mass is 272 g/mol. The largest absolute Gasteiger partial charge is 0.268 e. The summed E-state index contributed by atoms with van der Waals surface area (Å²) in [6.45, 7) is 2.13. The number of fused-ring (bicyclic) bond motifs is 1. The third-order valence-electron chi connectivity index (χ3n) is 3.90. The van der Waals surface area contributed by atoms with E-state index in [4.69, 9.17) is 21.8 Å². The van der Waals surface area contributed by atoms with Gasteiger partial charge in [0.2, 0.25) is 0 Å². The Hall–Kier alpha value is -1.54. The summed E-state index contributed by atoms with van der Waals surface area (Å²) >= 11 is 6.26. The quantitative estimate of drug-likeness (QED) is 0.592. The van der Waals surface area contributed by atoms with Gasteiger partial charge in [-0.2, -0.15) is 5.10 Å². The molecule has 1 aliphatic heterocycles. The molecule has 0 N–H and O–H groups in total. The third kappa shape index (κ3) is 2.21. The number of aryl methyl sites for hydroxylation is 1. The van der Waals surface area contributed by atoms with Crippen molar-refractivity contribution in [2.24, 2.45) is 0 Å². The van der Waals surface area contributed by atoms with Gasteiger partial charge in [-0.3, -0.25) is 0 Å². The average molecular weight is 273 g/mol. The number of nitriles is 1. The molecule has 96 valence electrons. The van der Waals surface area contributed by atoms with E-state index in [9.17, 15) is 0 Å². The lowest BCUT2D eigenvalue weighted by Gasteiger charge is -2.23. The van der Waals surface area contributed by atoms with Crippen molar-refractivity contribution in [1.82, 2.24) is 14.6 Å². The van der Waals surface area contributed by atoms with Gasteiger partial charge in [-0.15, -0.1) is 0 Å². The Labute approximate surface area is 117 Å². The zero-order valence-electron chi connectivity index (χ0n) is 10.8. The molecular weight excluding hydrogens is 258 g/mol. The predicted molar refractivity (Wildman–Crippen MR) is 75.7 cm³/mol. The standard InChI is InChI=1S/C13H14BClN4/c1-9-7-17-19-12(15)5-11(18-13(9)19)10-3-2-4-14(6-10)8-16/h5,7,10H,2-4,6H2,1H3. The summed E-state index contributed by atoms with van der Waals surface area (Å²) in [6.07, 6.45) is 5.85. The zero-order valence-corrected chi connectivity index (χ0v) is 11.6. The van der Waals surface area contributed by atoms with Crippen molar-refractivity contribution in [2.45, 2.75) is 38.3 Å². The van der Waals surface area contributed by atoms with E-state index >= 15 is 0 Å². The van der Waals surface area contributed by atoms with Crippen LogP contribution < -0.4 is 0 Å². The van der Waals surface area contributed by atoms with Crippen LogP contribution in [-0.2, 0) is 0 Å². The lowest BCUT2D eigenvalue weighted by Crippen LogP contribution is -2.21. The van der Waals surface area contributed by atoms with Gasteiger partial charge < -0.3 is 0 Å². The average Bonchev–Trinajstić information content (AvgIpc) is 2.81. The van der Waals surface area contributed by atoms with E-state index in [1.165, 1.54) is 0 Å². The van der Waals surface area contributed by atoms with Crippen LogP contribution in [0.5, 0.6) is 0 Å². The van der Waals surface area contributed by atoms with Crippen LogP contribution in [0.1, 0.15) is 30.0 Å². The highest BCUT2D eigenvalue weighted by molar-refractivity contribution is 6.67. The molecule has 1 saturated heterocycles. The van der Waals surface area contributed by atoms with E-state index in [0.717, 1.165) is 42.4 Å². The lowest BCUT2D eigenvalue weighted by molar-refractivity contribution is 0.614. The molecule has 1 atom stereocenters. The third-order valence-corrected chi connectivity index (χ3v) is 4.17. The van der Waals surface area contributed by atoms with Gasteiger partial charge in [0.1, 0.15) is 5.15 Å². The fraction of sp³-hybridized carbons (Fsp3) is 0.462. The lowest BCUT2D eigenvalue weighted by atomic mass is 9.41. The van der Waals surface area contributed by atoms with Crippen LogP contribution in [0.2, 0.25) is 17.8 Å². The molecule has 2 aromatic heterocycles. The Morgan fingerprint density at radius 2 is 2.42 bits per heavy atom. The van der Waals surface area contributed by atoms with Gasteiger partial charge in [0.15, 0.2) is 5.65 Å². The number of rotatable bonds is 1. The van der Waals surface area contributed by atoms with Gasteiger partial charge in [-0.05, 0) is 25.3 Å². The summed E-state index contributed by atoms with van der Waals surface area (Å²) in [6, 6.07) is 1.89. The maximum absolute atomic E-state index is 9.08. The Bertz CT molecular complexity index is 660. The minimum absolute atomic E-state index is 0.154. The summed E-state index contributed by atoms with van der Waals surface area (Å²) in [5.41, 5.74) is 2.85. The Morgan fingerprint density at radius 3 is 3.21 bits per heavy atom. The summed E-state index contributed by atoms with van der Waals surface area (Å²) in [4.78, 5) is 4.69. The molecule has 0 radical (unpaired) electrons. The maximum Gasteiger partial charge on any atom is 0.268 e. The molecule has 6 heteroatoms. The van der Waals surface area contributed by atoms with Crippen LogP contribution in [0.25, 0.3) is 5.65 Å². The highest BCUT2D eigenvalue weighted by Crippen LogP contribution is 2.33. The van der Waals surface area contributed by atoms with E-state index in [1.807, 2.05) is 13.0 Å². The van der Waals surface area contributed by atoms with E-state index in [-0.39, 0.29) is 6.71 Å². The fourth-order valence-electron chi connectivity index (χ4n) is 2.84. The van der Waals surface area contributed by atoms with Gasteiger partial charge in [-0.1, -0.05) is 30.7 Å². The van der Waals surface area contributed by atoms with Crippen molar-refractivity contribution < 1.29 is 0 Å². The molecule has 1 fully saturated rings. The molecule has 0 amide bonds. The van der Waals surface area contributed by atoms with Crippen LogP contribution in [0.3, 0.4) is 0 Å². The van der Waals surface area contributed by atoms with Gasteiger partial charge in [0, 0.05) is 17.2 Å². The van der Waals surface area contributed by atoms with Crippen LogP contribution in [0.4, 0.5) is 0 Å². The van der Waals surface area contributed by atoms with E-state index in [1.54, 1.807) is 10.7 Å². The first-order valence-corrected chi connectivity index (χ1v) is 6.97. The molecule has 3 heterocycles. The van der Waals surface area contributed by atoms with Gasteiger partial charge in [-0.25, -0.2) is 14.8 Å². The summed E-state index contributed by atoms with van der Waals surface area (Å²) in [7, 11) is 0. The van der Waals surface area contributed by atoms with Crippen LogP contribution in [-0.4, -0.2) is 21.3 Å².